The van der Waals surface area contributed by atoms with Crippen molar-refractivity contribution in [2.24, 2.45) is 5.92 Å². The van der Waals surface area contributed by atoms with Crippen LogP contribution in [0.15, 0.2) is 59.1 Å². The van der Waals surface area contributed by atoms with E-state index in [1.165, 1.54) is 6.42 Å². The number of hydrogen-bond donors (Lipinski definition) is 1. The Morgan fingerprint density at radius 3 is 2.47 bits per heavy atom. The number of nitrogens with zero attached hydrogens (tertiary/aromatic N) is 2. The van der Waals surface area contributed by atoms with E-state index in [1.54, 1.807) is 18.3 Å². The van der Waals surface area contributed by atoms with Crippen LogP contribution in [0.25, 0.3) is 0 Å². The Hall–Kier alpha value is -1.57. The summed E-state index contributed by atoms with van der Waals surface area (Å²) in [5.74, 6) is 2.01. The Kier molecular flexibility index (Phi) is 10.3. The Morgan fingerprint density at radius 1 is 1.06 bits per heavy atom. The Balaban J connectivity index is 0.00000361. The van der Waals surface area contributed by atoms with Gasteiger partial charge in [-0.05, 0) is 30.5 Å². The molecule has 0 spiro atoms. The second-order valence-corrected chi connectivity index (χ2v) is 11.0. The predicted molar refractivity (Wildman–Crippen MR) is 140 cm³/mol. The molecule has 1 aliphatic carbocycles. The maximum Gasteiger partial charge on any atom is 0.231 e. The summed E-state index contributed by atoms with van der Waals surface area (Å²) in [6, 6.07) is 15.2. The molecule has 8 heteroatoms. The molecule has 0 bridgehead atoms. The lowest BCUT2D eigenvalue weighted by Crippen LogP contribution is -3.00. The smallest absolute Gasteiger partial charge is 0.231 e. The van der Waals surface area contributed by atoms with Crippen molar-refractivity contribution in [2.75, 3.05) is 27.2 Å². The lowest BCUT2D eigenvalue weighted by atomic mass is 9.73. The maximum absolute atomic E-state index is 12.0. The van der Waals surface area contributed by atoms with Gasteiger partial charge in [0.1, 0.15) is 12.3 Å². The second kappa shape index (κ2) is 12.8. The molecule has 1 fully saturated rings. The van der Waals surface area contributed by atoms with Crippen LogP contribution < -0.4 is 21.7 Å². The molecule has 1 aliphatic rings. The first kappa shape index (κ1) is 29.0. The lowest BCUT2D eigenvalue weighted by molar-refractivity contribution is -0.904. The SMILES string of the molecule is C[N+](C)(CCCOc1ccc(Cl)c(Cl)c1)Cc1cnc([C@](O)(c2ccccc2)C2CCCCC2)o1.[Br-]. The quantitative estimate of drug-likeness (QED) is 0.285. The normalized spacial score (nSPS) is 16.2. The van der Waals surface area contributed by atoms with E-state index in [-0.39, 0.29) is 22.9 Å². The van der Waals surface area contributed by atoms with Crippen LogP contribution in [-0.2, 0) is 12.1 Å². The van der Waals surface area contributed by atoms with E-state index >= 15 is 0 Å². The molecule has 0 amide bonds. The van der Waals surface area contributed by atoms with Crippen LogP contribution in [0.3, 0.4) is 0 Å². The summed E-state index contributed by atoms with van der Waals surface area (Å²) in [5, 5.41) is 13.0. The van der Waals surface area contributed by atoms with E-state index in [4.69, 9.17) is 32.4 Å². The standard InChI is InChI=1S/C28H35Cl2N2O3.BrH/c1-32(2,16-9-17-34-23-14-15-25(29)26(30)18-23)20-24-19-31-27(35-24)28(33,21-10-5-3-6-11-21)22-12-7-4-8-13-22;/h3,5-6,10-11,14-15,18-19,22,33H,4,7-9,12-13,16-17,20H2,1-2H3;1H/q+1;/p-1/t28-;/m0./s1. The highest BCUT2D eigenvalue weighted by atomic mass is 79.9. The van der Waals surface area contributed by atoms with Crippen LogP contribution in [0.1, 0.15) is 55.7 Å². The number of ether oxygens (including phenoxy) is 1. The van der Waals surface area contributed by atoms with Gasteiger partial charge >= 0.3 is 0 Å². The van der Waals surface area contributed by atoms with Gasteiger partial charge in [0.2, 0.25) is 5.89 Å². The van der Waals surface area contributed by atoms with Gasteiger partial charge in [-0.3, -0.25) is 0 Å². The van der Waals surface area contributed by atoms with Crippen LogP contribution >= 0.6 is 23.2 Å². The molecule has 2 aromatic carbocycles. The molecule has 36 heavy (non-hydrogen) atoms. The van der Waals surface area contributed by atoms with Gasteiger partial charge in [0.05, 0.1) is 43.5 Å². The van der Waals surface area contributed by atoms with Gasteiger partial charge in [-0.1, -0.05) is 72.8 Å². The largest absolute Gasteiger partial charge is 1.00 e. The zero-order chi connectivity index (χ0) is 24.9. The number of hydrogen-bond acceptors (Lipinski definition) is 4. The minimum atomic E-state index is -1.20. The van der Waals surface area contributed by atoms with Crippen molar-refractivity contribution in [2.45, 2.75) is 50.7 Å². The number of aliphatic hydroxyl groups is 1. The number of quaternary nitrogens is 1. The van der Waals surface area contributed by atoms with Gasteiger partial charge < -0.3 is 35.7 Å². The molecule has 0 unspecified atom stereocenters. The monoisotopic (exact) mass is 596 g/mol. The minimum Gasteiger partial charge on any atom is -1.00 e. The van der Waals surface area contributed by atoms with Gasteiger partial charge in [0.15, 0.2) is 11.4 Å². The fraction of sp³-hybridized carbons (Fsp3) is 0.464. The highest BCUT2D eigenvalue weighted by molar-refractivity contribution is 6.42. The summed E-state index contributed by atoms with van der Waals surface area (Å²) in [6.07, 6.45) is 8.07. The average molecular weight is 598 g/mol. The summed E-state index contributed by atoms with van der Waals surface area (Å²) in [7, 11) is 4.32. The third kappa shape index (κ3) is 7.05. The average Bonchev–Trinajstić information content (AvgIpc) is 3.33. The van der Waals surface area contributed by atoms with Crippen molar-refractivity contribution in [3.05, 3.63) is 82.0 Å². The molecule has 1 atom stereocenters. The second-order valence-electron chi connectivity index (χ2n) is 10.2. The van der Waals surface area contributed by atoms with Crippen molar-refractivity contribution >= 4 is 23.2 Å². The van der Waals surface area contributed by atoms with Crippen LogP contribution in [0.2, 0.25) is 10.0 Å². The predicted octanol–water partition coefficient (Wildman–Crippen LogP) is 3.85. The third-order valence-electron chi connectivity index (χ3n) is 6.94. The topological polar surface area (TPSA) is 55.5 Å². The van der Waals surface area contributed by atoms with Gasteiger partial charge in [0.25, 0.3) is 0 Å². The fourth-order valence-corrected chi connectivity index (χ4v) is 5.34. The summed E-state index contributed by atoms with van der Waals surface area (Å²) in [5.41, 5.74) is -0.349. The Bertz CT molecular complexity index is 1100. The summed E-state index contributed by atoms with van der Waals surface area (Å²) < 4.78 is 12.8. The molecule has 4 rings (SSSR count). The molecule has 1 N–H and O–H groups in total. The van der Waals surface area contributed by atoms with E-state index in [9.17, 15) is 5.11 Å². The fourth-order valence-electron chi connectivity index (χ4n) is 5.05. The van der Waals surface area contributed by atoms with Crippen LogP contribution in [0.4, 0.5) is 0 Å². The first-order valence-corrected chi connectivity index (χ1v) is 13.2. The van der Waals surface area contributed by atoms with Crippen molar-refractivity contribution in [1.29, 1.82) is 0 Å². The van der Waals surface area contributed by atoms with Crippen molar-refractivity contribution in [1.82, 2.24) is 4.98 Å². The minimum absolute atomic E-state index is 0. The number of rotatable bonds is 10. The van der Waals surface area contributed by atoms with Gasteiger partial charge in [0, 0.05) is 18.4 Å². The van der Waals surface area contributed by atoms with Crippen LogP contribution in [0, 0.1) is 5.92 Å². The highest BCUT2D eigenvalue weighted by Gasteiger charge is 2.44. The summed E-state index contributed by atoms with van der Waals surface area (Å²) in [6.45, 7) is 2.15. The lowest BCUT2D eigenvalue weighted by Gasteiger charge is -2.36. The highest BCUT2D eigenvalue weighted by Crippen LogP contribution is 2.43. The first-order chi connectivity index (χ1) is 16.8. The molecule has 0 radical (unpaired) electrons. The van der Waals surface area contributed by atoms with E-state index in [0.717, 1.165) is 50.0 Å². The van der Waals surface area contributed by atoms with Gasteiger partial charge in [-0.25, -0.2) is 4.98 Å². The molecule has 0 aliphatic heterocycles. The zero-order valence-corrected chi connectivity index (χ0v) is 24.0. The van der Waals surface area contributed by atoms with Crippen LogP contribution in [0.5, 0.6) is 5.75 Å². The molecule has 1 saturated carbocycles. The van der Waals surface area contributed by atoms with Crippen molar-refractivity contribution in [3.8, 4) is 5.75 Å². The Morgan fingerprint density at radius 2 is 1.78 bits per heavy atom. The first-order valence-electron chi connectivity index (χ1n) is 12.4. The molecule has 1 aromatic heterocycles. The van der Waals surface area contributed by atoms with Crippen molar-refractivity contribution in [3.63, 3.8) is 0 Å². The van der Waals surface area contributed by atoms with E-state index in [0.29, 0.717) is 39.3 Å². The number of halogens is 3. The molecule has 1 heterocycles. The van der Waals surface area contributed by atoms with E-state index < -0.39 is 5.60 Å². The number of oxazole rings is 1. The molecular weight excluding hydrogens is 563 g/mol. The van der Waals surface area contributed by atoms with E-state index in [1.807, 2.05) is 36.4 Å². The van der Waals surface area contributed by atoms with E-state index in [2.05, 4.69) is 19.1 Å². The number of benzene rings is 2. The zero-order valence-electron chi connectivity index (χ0n) is 20.9. The molecule has 3 aromatic rings. The van der Waals surface area contributed by atoms with Crippen molar-refractivity contribution < 1.29 is 35.7 Å². The summed E-state index contributed by atoms with van der Waals surface area (Å²) in [4.78, 5) is 4.60. The van der Waals surface area contributed by atoms with Gasteiger partial charge in [-0.15, -0.1) is 0 Å². The van der Waals surface area contributed by atoms with Gasteiger partial charge in [-0.2, -0.15) is 0 Å². The summed E-state index contributed by atoms with van der Waals surface area (Å²) >= 11 is 12.0. The molecule has 0 saturated heterocycles. The Labute approximate surface area is 234 Å². The molecule has 196 valence electrons. The molecular formula is C28H35BrCl2N2O3. The maximum atomic E-state index is 12.0. The number of aromatic nitrogens is 1. The molecule has 5 nitrogen and oxygen atoms in total. The third-order valence-corrected chi connectivity index (χ3v) is 7.68. The van der Waals surface area contributed by atoms with Crippen LogP contribution in [-0.4, -0.2) is 41.8 Å².